The van der Waals surface area contributed by atoms with Crippen LogP contribution in [0.15, 0.2) is 16.8 Å². The van der Waals surface area contributed by atoms with E-state index in [4.69, 9.17) is 4.52 Å². The Hall–Kier alpha value is -2.15. The first-order valence-electron chi connectivity index (χ1n) is 7.80. The number of nitrogens with zero attached hydrogens (tertiary/aromatic N) is 5. The third-order valence-electron chi connectivity index (χ3n) is 4.19. The Morgan fingerprint density at radius 2 is 2.13 bits per heavy atom. The fraction of sp³-hybridized carbons (Fsp3) is 0.562. The molecule has 0 spiro atoms. The highest BCUT2D eigenvalue weighted by molar-refractivity contribution is 5.49. The van der Waals surface area contributed by atoms with Gasteiger partial charge in [0.25, 0.3) is 0 Å². The molecule has 1 N–H and O–H groups in total. The molecule has 3 rings (SSSR count). The molecule has 1 saturated heterocycles. The molecule has 3 heterocycles. The summed E-state index contributed by atoms with van der Waals surface area (Å²) in [4.78, 5) is 13.1. The average Bonchev–Trinajstić information content (AvgIpc) is 3.06. The minimum Gasteiger partial charge on any atom is -0.391 e. The summed E-state index contributed by atoms with van der Waals surface area (Å²) < 4.78 is 5.26. The van der Waals surface area contributed by atoms with Gasteiger partial charge in [0.2, 0.25) is 5.95 Å². The van der Waals surface area contributed by atoms with Gasteiger partial charge in [0.05, 0.1) is 11.8 Å². The van der Waals surface area contributed by atoms with Gasteiger partial charge in [-0.15, -0.1) is 0 Å². The first-order valence-corrected chi connectivity index (χ1v) is 7.80. The Bertz CT molecular complexity index is 685. The van der Waals surface area contributed by atoms with Gasteiger partial charge >= 0.3 is 0 Å². The highest BCUT2D eigenvalue weighted by atomic mass is 16.5. The highest BCUT2D eigenvalue weighted by Crippen LogP contribution is 2.26. The second-order valence-corrected chi connectivity index (χ2v) is 6.44. The fourth-order valence-corrected chi connectivity index (χ4v) is 3.02. The summed E-state index contributed by atoms with van der Waals surface area (Å²) in [7, 11) is 3.93. The van der Waals surface area contributed by atoms with Gasteiger partial charge in [-0.05, 0) is 13.8 Å². The van der Waals surface area contributed by atoms with E-state index >= 15 is 0 Å². The first kappa shape index (κ1) is 15.7. The summed E-state index contributed by atoms with van der Waals surface area (Å²) in [5, 5.41) is 14.3. The molecule has 0 aromatic carbocycles. The monoisotopic (exact) mass is 317 g/mol. The molecule has 1 aliphatic rings. The van der Waals surface area contributed by atoms with Crippen LogP contribution in [0, 0.1) is 19.8 Å². The molecule has 7 heteroatoms. The van der Waals surface area contributed by atoms with Crippen LogP contribution in [-0.2, 0) is 6.42 Å². The van der Waals surface area contributed by atoms with Crippen molar-refractivity contribution in [3.8, 4) is 0 Å². The molecule has 2 atom stereocenters. The first-order chi connectivity index (χ1) is 10.9. The van der Waals surface area contributed by atoms with E-state index in [1.54, 1.807) is 0 Å². The molecule has 0 amide bonds. The zero-order chi connectivity index (χ0) is 16.6. The minimum absolute atomic E-state index is 0.0926. The van der Waals surface area contributed by atoms with E-state index in [2.05, 4.69) is 15.1 Å². The molecule has 1 aliphatic heterocycles. The third-order valence-corrected chi connectivity index (χ3v) is 4.19. The summed E-state index contributed by atoms with van der Waals surface area (Å²) in [6.45, 7) is 5.13. The lowest BCUT2D eigenvalue weighted by atomic mass is 10.0. The molecule has 23 heavy (non-hydrogen) atoms. The summed E-state index contributed by atoms with van der Waals surface area (Å²) in [6, 6.07) is 1.92. The van der Waals surface area contributed by atoms with Gasteiger partial charge in [-0.25, -0.2) is 4.98 Å². The quantitative estimate of drug-likeness (QED) is 0.907. The lowest BCUT2D eigenvalue weighted by molar-refractivity contribution is 0.143. The van der Waals surface area contributed by atoms with Crippen LogP contribution in [0.5, 0.6) is 0 Å². The van der Waals surface area contributed by atoms with Crippen molar-refractivity contribution in [2.24, 2.45) is 5.92 Å². The molecular formula is C16H23N5O2. The predicted molar refractivity (Wildman–Crippen MR) is 87.7 cm³/mol. The van der Waals surface area contributed by atoms with Crippen molar-refractivity contribution in [3.63, 3.8) is 0 Å². The van der Waals surface area contributed by atoms with Gasteiger partial charge in [-0.1, -0.05) is 5.16 Å². The van der Waals surface area contributed by atoms with E-state index in [1.165, 1.54) is 0 Å². The number of aryl methyl sites for hydroxylation is 2. The zero-order valence-electron chi connectivity index (χ0n) is 14.0. The number of anilines is 2. The van der Waals surface area contributed by atoms with Crippen LogP contribution in [0.25, 0.3) is 0 Å². The normalized spacial score (nSPS) is 21.0. The summed E-state index contributed by atoms with van der Waals surface area (Å²) in [5.41, 5.74) is 1.90. The molecule has 0 radical (unpaired) electrons. The Morgan fingerprint density at radius 3 is 2.78 bits per heavy atom. The molecule has 7 nitrogen and oxygen atoms in total. The standard InChI is InChI=1S/C16H23N5O2/c1-10-7-17-16(18-15(10)20(3)4)21-8-12(14(22)9-21)6-13-5-11(2)19-23-13/h5,7,12,14,22H,6,8-9H2,1-4H3/t12-,14+/m1/s1. The van der Waals surface area contributed by atoms with Crippen LogP contribution in [0.4, 0.5) is 11.8 Å². The summed E-state index contributed by atoms with van der Waals surface area (Å²) in [5.74, 6) is 2.47. The zero-order valence-corrected chi connectivity index (χ0v) is 14.0. The largest absolute Gasteiger partial charge is 0.391 e. The molecule has 2 aromatic heterocycles. The Kier molecular flexibility index (Phi) is 4.21. The minimum atomic E-state index is -0.423. The van der Waals surface area contributed by atoms with Crippen LogP contribution >= 0.6 is 0 Å². The molecule has 0 unspecified atom stereocenters. The van der Waals surface area contributed by atoms with Crippen molar-refractivity contribution >= 4 is 11.8 Å². The van der Waals surface area contributed by atoms with Gasteiger partial charge in [-0.3, -0.25) is 0 Å². The van der Waals surface area contributed by atoms with Crippen LogP contribution < -0.4 is 9.80 Å². The highest BCUT2D eigenvalue weighted by Gasteiger charge is 2.33. The van der Waals surface area contributed by atoms with Crippen LogP contribution in [-0.4, -0.2) is 53.5 Å². The van der Waals surface area contributed by atoms with Gasteiger partial charge in [-0.2, -0.15) is 4.98 Å². The maximum Gasteiger partial charge on any atom is 0.227 e. The van der Waals surface area contributed by atoms with E-state index in [0.717, 1.165) is 22.8 Å². The lowest BCUT2D eigenvalue weighted by Crippen LogP contribution is -2.24. The van der Waals surface area contributed by atoms with Crippen molar-refractivity contribution in [2.45, 2.75) is 26.4 Å². The second-order valence-electron chi connectivity index (χ2n) is 6.44. The van der Waals surface area contributed by atoms with Crippen molar-refractivity contribution in [1.29, 1.82) is 0 Å². The topological polar surface area (TPSA) is 78.5 Å². The predicted octanol–water partition coefficient (Wildman–Crippen LogP) is 1.19. The van der Waals surface area contributed by atoms with Crippen LogP contribution in [0.1, 0.15) is 17.0 Å². The summed E-state index contributed by atoms with van der Waals surface area (Å²) in [6.07, 6.45) is 2.08. The maximum absolute atomic E-state index is 10.4. The van der Waals surface area contributed by atoms with E-state index < -0.39 is 6.10 Å². The second kappa shape index (κ2) is 6.16. The Morgan fingerprint density at radius 1 is 1.35 bits per heavy atom. The Balaban J connectivity index is 1.74. The summed E-state index contributed by atoms with van der Waals surface area (Å²) >= 11 is 0. The third kappa shape index (κ3) is 3.29. The van der Waals surface area contributed by atoms with E-state index in [9.17, 15) is 5.11 Å². The molecule has 2 aromatic rings. The lowest BCUT2D eigenvalue weighted by Gasteiger charge is -2.20. The number of aromatic nitrogens is 3. The van der Waals surface area contributed by atoms with Crippen molar-refractivity contribution in [2.75, 3.05) is 37.0 Å². The van der Waals surface area contributed by atoms with Crippen molar-refractivity contribution in [3.05, 3.63) is 29.3 Å². The van der Waals surface area contributed by atoms with E-state index in [-0.39, 0.29) is 5.92 Å². The van der Waals surface area contributed by atoms with Gasteiger partial charge in [0.15, 0.2) is 0 Å². The van der Waals surface area contributed by atoms with Gasteiger partial charge in [0.1, 0.15) is 11.6 Å². The van der Waals surface area contributed by atoms with Crippen molar-refractivity contribution < 1.29 is 9.63 Å². The number of aliphatic hydroxyl groups excluding tert-OH is 1. The fourth-order valence-electron chi connectivity index (χ4n) is 3.02. The van der Waals surface area contributed by atoms with E-state index in [0.29, 0.717) is 25.5 Å². The van der Waals surface area contributed by atoms with Gasteiger partial charge in [0, 0.05) is 57.4 Å². The van der Waals surface area contributed by atoms with Gasteiger partial charge < -0.3 is 19.4 Å². The number of hydrogen-bond donors (Lipinski definition) is 1. The maximum atomic E-state index is 10.4. The molecule has 1 fully saturated rings. The number of aliphatic hydroxyl groups is 1. The smallest absolute Gasteiger partial charge is 0.227 e. The number of β-amino-alcohol motifs (C(OH)–C–C–N with tert-alkyl or cyclic N) is 1. The Labute approximate surface area is 135 Å². The number of hydrogen-bond acceptors (Lipinski definition) is 7. The molecule has 0 saturated carbocycles. The molecule has 124 valence electrons. The molecule has 0 bridgehead atoms. The van der Waals surface area contributed by atoms with E-state index in [1.807, 2.05) is 50.0 Å². The molecule has 0 aliphatic carbocycles. The van der Waals surface area contributed by atoms with Crippen molar-refractivity contribution in [1.82, 2.24) is 15.1 Å². The van der Waals surface area contributed by atoms with Crippen LogP contribution in [0.2, 0.25) is 0 Å². The molecular weight excluding hydrogens is 294 g/mol. The SMILES string of the molecule is Cc1cc(C[C@@H]2CN(c3ncc(C)c(N(C)C)n3)C[C@@H]2O)on1. The van der Waals surface area contributed by atoms with Crippen LogP contribution in [0.3, 0.4) is 0 Å². The number of rotatable bonds is 4. The average molecular weight is 317 g/mol.